The number of carbonyl (C=O) groups excluding carboxylic acids is 1. The highest BCUT2D eigenvalue weighted by molar-refractivity contribution is 5.91. The molecule has 1 fully saturated rings. The van der Waals surface area contributed by atoms with Gasteiger partial charge in [-0.1, -0.05) is 0 Å². The molecule has 1 aromatic heterocycles. The molecular formula is C15H20N4O3. The van der Waals surface area contributed by atoms with Crippen LogP contribution in [0.15, 0.2) is 27.4 Å². The molecule has 2 aromatic rings. The van der Waals surface area contributed by atoms with Gasteiger partial charge in [-0.05, 0) is 32.1 Å². The molecule has 1 aromatic carbocycles. The third kappa shape index (κ3) is 2.85. The van der Waals surface area contributed by atoms with E-state index >= 15 is 0 Å². The second-order valence-electron chi connectivity index (χ2n) is 5.68. The van der Waals surface area contributed by atoms with Crippen molar-refractivity contribution in [3.05, 3.63) is 28.7 Å². The van der Waals surface area contributed by atoms with Crippen LogP contribution in [-0.2, 0) is 7.05 Å². The highest BCUT2D eigenvalue weighted by Crippen LogP contribution is 2.18. The minimum Gasteiger partial charge on any atom is -0.408 e. The molecule has 0 bridgehead atoms. The topological polar surface area (TPSA) is 70.7 Å². The van der Waals surface area contributed by atoms with Crippen LogP contribution in [0, 0.1) is 0 Å². The number of urea groups is 1. The van der Waals surface area contributed by atoms with E-state index in [1.54, 1.807) is 25.2 Å². The number of aryl methyl sites for hydroxylation is 1. The molecule has 118 valence electrons. The quantitative estimate of drug-likeness (QED) is 0.862. The molecule has 1 saturated heterocycles. The van der Waals surface area contributed by atoms with Gasteiger partial charge in [0.2, 0.25) is 0 Å². The number of oxazole rings is 1. The van der Waals surface area contributed by atoms with Crippen LogP contribution in [0.1, 0.15) is 6.42 Å². The number of hydrogen-bond donors (Lipinski definition) is 1. The van der Waals surface area contributed by atoms with Crippen molar-refractivity contribution in [2.24, 2.45) is 7.05 Å². The van der Waals surface area contributed by atoms with Gasteiger partial charge in [0.05, 0.1) is 5.52 Å². The normalized spacial score (nSPS) is 16.7. The fourth-order valence-corrected chi connectivity index (χ4v) is 2.66. The van der Waals surface area contributed by atoms with Crippen LogP contribution < -0.4 is 11.1 Å². The fraction of sp³-hybridized carbons (Fsp3) is 0.467. The first-order chi connectivity index (χ1) is 10.5. The van der Waals surface area contributed by atoms with Crippen LogP contribution in [0.25, 0.3) is 11.1 Å². The first kappa shape index (κ1) is 14.6. The van der Waals surface area contributed by atoms with Gasteiger partial charge in [-0.2, -0.15) is 0 Å². The third-order valence-corrected chi connectivity index (χ3v) is 4.05. The minimum atomic E-state index is -0.408. The summed E-state index contributed by atoms with van der Waals surface area (Å²) >= 11 is 0. The summed E-state index contributed by atoms with van der Waals surface area (Å²) in [5.41, 5.74) is 1.81. The molecule has 1 N–H and O–H groups in total. The lowest BCUT2D eigenvalue weighted by Crippen LogP contribution is -2.37. The average Bonchev–Trinajstić information content (AvgIpc) is 2.65. The van der Waals surface area contributed by atoms with Crippen LogP contribution in [0.5, 0.6) is 0 Å². The lowest BCUT2D eigenvalue weighted by molar-refractivity contribution is 0.213. The Bertz CT molecular complexity index is 749. The van der Waals surface area contributed by atoms with E-state index in [1.807, 2.05) is 4.90 Å². The summed E-state index contributed by atoms with van der Waals surface area (Å²) in [4.78, 5) is 27.9. The first-order valence-corrected chi connectivity index (χ1v) is 7.38. The number of hydrogen-bond acceptors (Lipinski definition) is 4. The molecule has 0 unspecified atom stereocenters. The third-order valence-electron chi connectivity index (χ3n) is 4.05. The van der Waals surface area contributed by atoms with Crippen LogP contribution >= 0.6 is 0 Å². The number of aromatic nitrogens is 1. The fourth-order valence-electron chi connectivity index (χ4n) is 2.66. The predicted molar refractivity (Wildman–Crippen MR) is 84.2 cm³/mol. The van der Waals surface area contributed by atoms with Crippen molar-refractivity contribution < 1.29 is 9.21 Å². The highest BCUT2D eigenvalue weighted by Gasteiger charge is 2.17. The molecule has 0 spiro atoms. The monoisotopic (exact) mass is 304 g/mol. The zero-order chi connectivity index (χ0) is 15.7. The number of amides is 2. The number of nitrogens with one attached hydrogen (secondary N) is 1. The second kappa shape index (κ2) is 5.84. The van der Waals surface area contributed by atoms with Gasteiger partial charge < -0.3 is 19.5 Å². The molecule has 3 rings (SSSR count). The Labute approximate surface area is 128 Å². The molecule has 2 heterocycles. The van der Waals surface area contributed by atoms with Crippen LogP contribution in [0.2, 0.25) is 0 Å². The lowest BCUT2D eigenvalue weighted by Gasteiger charge is -2.21. The molecule has 2 amide bonds. The molecule has 0 aliphatic carbocycles. The van der Waals surface area contributed by atoms with Crippen molar-refractivity contribution in [3.8, 4) is 0 Å². The van der Waals surface area contributed by atoms with Crippen molar-refractivity contribution >= 4 is 22.8 Å². The smallest absolute Gasteiger partial charge is 0.408 e. The van der Waals surface area contributed by atoms with Crippen molar-refractivity contribution in [2.75, 3.05) is 38.5 Å². The number of benzene rings is 1. The molecule has 1 aliphatic heterocycles. The Morgan fingerprint density at radius 1 is 1.18 bits per heavy atom. The predicted octanol–water partition coefficient (Wildman–Crippen LogP) is 1.30. The van der Waals surface area contributed by atoms with Gasteiger partial charge in [0, 0.05) is 38.4 Å². The van der Waals surface area contributed by atoms with Crippen molar-refractivity contribution in [1.29, 1.82) is 0 Å². The summed E-state index contributed by atoms with van der Waals surface area (Å²) in [6, 6.07) is 5.11. The Kier molecular flexibility index (Phi) is 3.89. The number of likely N-dealkylation sites (N-methyl/N-ethyl adjacent to an activating group) is 1. The van der Waals surface area contributed by atoms with E-state index in [1.165, 1.54) is 4.57 Å². The number of carbonyl (C=O) groups is 1. The first-order valence-electron chi connectivity index (χ1n) is 7.38. The summed E-state index contributed by atoms with van der Waals surface area (Å²) in [6.07, 6.45) is 0.969. The molecule has 7 heteroatoms. The van der Waals surface area contributed by atoms with E-state index in [0.29, 0.717) is 23.3 Å². The second-order valence-corrected chi connectivity index (χ2v) is 5.68. The van der Waals surface area contributed by atoms with Gasteiger partial charge in [0.25, 0.3) is 0 Å². The minimum absolute atomic E-state index is 0.118. The van der Waals surface area contributed by atoms with Gasteiger partial charge >= 0.3 is 11.8 Å². The number of fused-ring (bicyclic) bond motifs is 1. The molecule has 0 atom stereocenters. The summed E-state index contributed by atoms with van der Waals surface area (Å²) in [5, 5.41) is 2.87. The maximum absolute atomic E-state index is 12.3. The van der Waals surface area contributed by atoms with E-state index in [2.05, 4.69) is 17.3 Å². The zero-order valence-corrected chi connectivity index (χ0v) is 12.8. The van der Waals surface area contributed by atoms with E-state index in [9.17, 15) is 9.59 Å². The van der Waals surface area contributed by atoms with Crippen molar-refractivity contribution in [3.63, 3.8) is 0 Å². The highest BCUT2D eigenvalue weighted by atomic mass is 16.4. The average molecular weight is 304 g/mol. The maximum atomic E-state index is 12.3. The zero-order valence-electron chi connectivity index (χ0n) is 12.8. The summed E-state index contributed by atoms with van der Waals surface area (Å²) < 4.78 is 6.57. The SMILES string of the molecule is CN1CCCN(C(=O)Nc2ccc3c(c2)oc(=O)n3C)CC1. The standard InChI is InChI=1S/C15H20N4O3/c1-17-6-3-7-19(9-8-17)14(20)16-11-4-5-12-13(10-11)22-15(21)18(12)2/h4-5,10H,3,6-9H2,1-2H3,(H,16,20). The molecule has 0 radical (unpaired) electrons. The van der Waals surface area contributed by atoms with Gasteiger partial charge in [-0.15, -0.1) is 0 Å². The van der Waals surface area contributed by atoms with Crippen LogP contribution in [-0.4, -0.2) is 53.6 Å². The molecule has 7 nitrogen and oxygen atoms in total. The number of rotatable bonds is 1. The Hall–Kier alpha value is -2.28. The Morgan fingerprint density at radius 2 is 2.00 bits per heavy atom. The van der Waals surface area contributed by atoms with Gasteiger partial charge in [-0.3, -0.25) is 4.57 Å². The largest absolute Gasteiger partial charge is 0.419 e. The van der Waals surface area contributed by atoms with Crippen molar-refractivity contribution in [1.82, 2.24) is 14.4 Å². The summed E-state index contributed by atoms with van der Waals surface area (Å²) in [5.74, 6) is -0.408. The molecule has 1 aliphatic rings. The maximum Gasteiger partial charge on any atom is 0.419 e. The van der Waals surface area contributed by atoms with Crippen LogP contribution in [0.3, 0.4) is 0 Å². The lowest BCUT2D eigenvalue weighted by atomic mass is 10.3. The van der Waals surface area contributed by atoms with E-state index in [0.717, 1.165) is 26.1 Å². The van der Waals surface area contributed by atoms with Gasteiger partial charge in [-0.25, -0.2) is 9.59 Å². The Morgan fingerprint density at radius 3 is 2.82 bits per heavy atom. The van der Waals surface area contributed by atoms with E-state index < -0.39 is 5.76 Å². The Balaban J connectivity index is 1.74. The molecular weight excluding hydrogens is 284 g/mol. The van der Waals surface area contributed by atoms with E-state index in [4.69, 9.17) is 4.42 Å². The summed E-state index contributed by atoms with van der Waals surface area (Å²) in [6.45, 7) is 3.34. The van der Waals surface area contributed by atoms with Gasteiger partial charge in [0.15, 0.2) is 5.58 Å². The number of anilines is 1. The summed E-state index contributed by atoms with van der Waals surface area (Å²) in [7, 11) is 3.72. The molecule has 0 saturated carbocycles. The number of nitrogens with zero attached hydrogens (tertiary/aromatic N) is 3. The van der Waals surface area contributed by atoms with E-state index in [-0.39, 0.29) is 6.03 Å². The van der Waals surface area contributed by atoms with Crippen molar-refractivity contribution in [2.45, 2.75) is 6.42 Å². The molecule has 22 heavy (non-hydrogen) atoms. The van der Waals surface area contributed by atoms with Gasteiger partial charge in [0.1, 0.15) is 0 Å². The van der Waals surface area contributed by atoms with Crippen LogP contribution in [0.4, 0.5) is 10.5 Å².